The van der Waals surface area contributed by atoms with E-state index in [-0.39, 0.29) is 24.4 Å². The Morgan fingerprint density at radius 1 is 1.04 bits per heavy atom. The lowest BCUT2D eigenvalue weighted by atomic mass is 9.73. The van der Waals surface area contributed by atoms with Crippen LogP contribution in [-0.2, 0) is 10.2 Å². The molecule has 7 heteroatoms. The second-order valence-corrected chi connectivity index (χ2v) is 6.57. The summed E-state index contributed by atoms with van der Waals surface area (Å²) in [5.41, 5.74) is 2.22. The van der Waals surface area contributed by atoms with Gasteiger partial charge in [-0.1, -0.05) is 18.2 Å². The van der Waals surface area contributed by atoms with Crippen LogP contribution in [0.5, 0.6) is 17.2 Å². The summed E-state index contributed by atoms with van der Waals surface area (Å²) in [5.74, 6) is 1.74. The smallest absolute Gasteiger partial charge is 0.237 e. The van der Waals surface area contributed by atoms with Crippen molar-refractivity contribution in [2.24, 2.45) is 0 Å². The van der Waals surface area contributed by atoms with Gasteiger partial charge in [-0.05, 0) is 42.3 Å². The quantitative estimate of drug-likeness (QED) is 0.839. The van der Waals surface area contributed by atoms with E-state index in [1.165, 1.54) is 0 Å². The maximum absolute atomic E-state index is 13.0. The first-order valence-electron chi connectivity index (χ1n) is 8.60. The number of rotatable bonds is 4. The third-order valence-electron chi connectivity index (χ3n) is 5.44. The molecule has 1 saturated heterocycles. The van der Waals surface area contributed by atoms with E-state index in [0.717, 1.165) is 29.8 Å². The molecule has 2 unspecified atom stereocenters. The Kier molecular flexibility index (Phi) is 5.22. The Bertz CT molecular complexity index is 848. The Hall–Kier alpha value is -2.44. The van der Waals surface area contributed by atoms with E-state index >= 15 is 0 Å². The molecule has 1 fully saturated rings. The number of ether oxygens (including phenoxy) is 3. The average Bonchev–Trinajstić information content (AvgIpc) is 3.24. The van der Waals surface area contributed by atoms with Crippen LogP contribution in [-0.4, -0.2) is 33.8 Å². The van der Waals surface area contributed by atoms with Crippen molar-refractivity contribution in [1.82, 2.24) is 5.32 Å². The lowest BCUT2D eigenvalue weighted by Gasteiger charge is -2.30. The average molecular weight is 391 g/mol. The van der Waals surface area contributed by atoms with Crippen molar-refractivity contribution in [3.8, 4) is 17.2 Å². The SMILES string of the molecule is COc1cc(C2NCCC23C(=O)Nc2ccccc23)cc(OC)c1OC.Cl. The molecular weight excluding hydrogens is 368 g/mol. The van der Waals surface area contributed by atoms with E-state index in [2.05, 4.69) is 10.6 Å². The van der Waals surface area contributed by atoms with Gasteiger partial charge in [0.25, 0.3) is 0 Å². The normalized spacial score (nSPS) is 22.8. The molecule has 1 spiro atoms. The van der Waals surface area contributed by atoms with Gasteiger partial charge < -0.3 is 24.8 Å². The van der Waals surface area contributed by atoms with Gasteiger partial charge in [0.1, 0.15) is 0 Å². The number of anilines is 1. The van der Waals surface area contributed by atoms with Gasteiger partial charge in [-0.15, -0.1) is 12.4 Å². The molecule has 1 amide bonds. The summed E-state index contributed by atoms with van der Waals surface area (Å²) in [6.07, 6.45) is 0.733. The molecular formula is C20H23ClN2O4. The number of fused-ring (bicyclic) bond motifs is 2. The molecule has 0 saturated carbocycles. The third kappa shape index (κ3) is 2.71. The van der Waals surface area contributed by atoms with Gasteiger partial charge in [0.2, 0.25) is 11.7 Å². The van der Waals surface area contributed by atoms with E-state index in [9.17, 15) is 4.79 Å². The largest absolute Gasteiger partial charge is 0.493 e. The van der Waals surface area contributed by atoms with Gasteiger partial charge in [-0.2, -0.15) is 0 Å². The standard InChI is InChI=1S/C20H22N2O4.ClH/c1-24-15-10-12(11-16(25-2)17(15)26-3)18-20(8-9-21-18)13-6-4-5-7-14(13)22-19(20)23;/h4-7,10-11,18,21H,8-9H2,1-3H3,(H,22,23);1H. The molecule has 2 heterocycles. The predicted molar refractivity (Wildman–Crippen MR) is 105 cm³/mol. The zero-order valence-corrected chi connectivity index (χ0v) is 16.3. The Morgan fingerprint density at radius 2 is 1.70 bits per heavy atom. The molecule has 2 atom stereocenters. The number of para-hydroxylation sites is 1. The topological polar surface area (TPSA) is 68.8 Å². The van der Waals surface area contributed by atoms with Gasteiger partial charge in [0.05, 0.1) is 32.8 Å². The van der Waals surface area contributed by atoms with Crippen LogP contribution in [0, 0.1) is 0 Å². The van der Waals surface area contributed by atoms with Crippen LogP contribution in [0.25, 0.3) is 0 Å². The monoisotopic (exact) mass is 390 g/mol. The second kappa shape index (κ2) is 7.29. The molecule has 27 heavy (non-hydrogen) atoms. The highest BCUT2D eigenvalue weighted by atomic mass is 35.5. The van der Waals surface area contributed by atoms with Crippen molar-refractivity contribution in [2.75, 3.05) is 33.2 Å². The summed E-state index contributed by atoms with van der Waals surface area (Å²) in [5, 5.41) is 6.55. The Morgan fingerprint density at radius 3 is 2.33 bits per heavy atom. The first kappa shape index (κ1) is 19.3. The molecule has 2 aromatic rings. The van der Waals surface area contributed by atoms with Crippen molar-refractivity contribution < 1.29 is 19.0 Å². The summed E-state index contributed by atoms with van der Waals surface area (Å²) in [6.45, 7) is 0.753. The van der Waals surface area contributed by atoms with E-state index < -0.39 is 5.41 Å². The van der Waals surface area contributed by atoms with Crippen LogP contribution in [0.2, 0.25) is 0 Å². The zero-order valence-electron chi connectivity index (χ0n) is 15.5. The van der Waals surface area contributed by atoms with Gasteiger partial charge in [0, 0.05) is 5.69 Å². The highest BCUT2D eigenvalue weighted by molar-refractivity contribution is 6.07. The fourth-order valence-corrected chi connectivity index (χ4v) is 4.27. The van der Waals surface area contributed by atoms with Gasteiger partial charge >= 0.3 is 0 Å². The van der Waals surface area contributed by atoms with Crippen LogP contribution in [0.1, 0.15) is 23.6 Å². The summed E-state index contributed by atoms with van der Waals surface area (Å²) in [4.78, 5) is 13.0. The predicted octanol–water partition coefficient (Wildman–Crippen LogP) is 3.06. The number of amides is 1. The minimum Gasteiger partial charge on any atom is -0.493 e. The number of carbonyl (C=O) groups excluding carboxylic acids is 1. The first-order valence-corrected chi connectivity index (χ1v) is 8.60. The van der Waals surface area contributed by atoms with Crippen LogP contribution in [0.3, 0.4) is 0 Å². The lowest BCUT2D eigenvalue weighted by molar-refractivity contribution is -0.121. The maximum atomic E-state index is 13.0. The number of hydrogen-bond donors (Lipinski definition) is 2. The van der Waals surface area contributed by atoms with Gasteiger partial charge in [0.15, 0.2) is 11.5 Å². The molecule has 0 aromatic heterocycles. The number of benzene rings is 2. The number of nitrogens with one attached hydrogen (secondary N) is 2. The minimum absolute atomic E-state index is 0. The van der Waals surface area contributed by atoms with Crippen LogP contribution < -0.4 is 24.8 Å². The molecule has 0 aliphatic carbocycles. The van der Waals surface area contributed by atoms with E-state index in [4.69, 9.17) is 14.2 Å². The molecule has 2 aliphatic rings. The number of hydrogen-bond acceptors (Lipinski definition) is 5. The van der Waals surface area contributed by atoms with Crippen molar-refractivity contribution in [2.45, 2.75) is 17.9 Å². The van der Waals surface area contributed by atoms with Crippen LogP contribution >= 0.6 is 12.4 Å². The number of carbonyl (C=O) groups is 1. The summed E-state index contributed by atoms with van der Waals surface area (Å²) >= 11 is 0. The molecule has 0 bridgehead atoms. The summed E-state index contributed by atoms with van der Waals surface area (Å²) in [6, 6.07) is 11.6. The molecule has 2 N–H and O–H groups in total. The van der Waals surface area contributed by atoms with Crippen molar-refractivity contribution in [1.29, 1.82) is 0 Å². The molecule has 2 aromatic carbocycles. The maximum Gasteiger partial charge on any atom is 0.237 e. The third-order valence-corrected chi connectivity index (χ3v) is 5.44. The fourth-order valence-electron chi connectivity index (χ4n) is 4.27. The number of methoxy groups -OCH3 is 3. The van der Waals surface area contributed by atoms with Crippen molar-refractivity contribution >= 4 is 24.0 Å². The molecule has 4 rings (SSSR count). The number of halogens is 1. The Labute approximate surface area is 164 Å². The zero-order chi connectivity index (χ0) is 18.3. The first-order chi connectivity index (χ1) is 12.7. The summed E-state index contributed by atoms with van der Waals surface area (Å²) in [7, 11) is 4.77. The second-order valence-electron chi connectivity index (χ2n) is 6.57. The van der Waals surface area contributed by atoms with Crippen molar-refractivity contribution in [3.05, 3.63) is 47.5 Å². The van der Waals surface area contributed by atoms with E-state index in [1.807, 2.05) is 36.4 Å². The molecule has 6 nitrogen and oxygen atoms in total. The van der Waals surface area contributed by atoms with E-state index in [0.29, 0.717) is 17.2 Å². The highest BCUT2D eigenvalue weighted by Crippen LogP contribution is 2.52. The van der Waals surface area contributed by atoms with Crippen LogP contribution in [0.4, 0.5) is 5.69 Å². The minimum atomic E-state index is -0.638. The fraction of sp³-hybridized carbons (Fsp3) is 0.350. The van der Waals surface area contributed by atoms with Crippen LogP contribution in [0.15, 0.2) is 36.4 Å². The Balaban J connectivity index is 0.00000210. The highest BCUT2D eigenvalue weighted by Gasteiger charge is 2.55. The lowest BCUT2D eigenvalue weighted by Crippen LogP contribution is -2.39. The molecule has 2 aliphatic heterocycles. The van der Waals surface area contributed by atoms with Gasteiger partial charge in [-0.3, -0.25) is 4.79 Å². The molecule has 0 radical (unpaired) electrons. The van der Waals surface area contributed by atoms with Gasteiger partial charge in [-0.25, -0.2) is 0 Å². The van der Waals surface area contributed by atoms with Crippen molar-refractivity contribution in [3.63, 3.8) is 0 Å². The molecule has 144 valence electrons. The van der Waals surface area contributed by atoms with E-state index in [1.54, 1.807) is 21.3 Å². The summed E-state index contributed by atoms with van der Waals surface area (Å²) < 4.78 is 16.4.